The first-order chi connectivity index (χ1) is 9.95. The van der Waals surface area contributed by atoms with E-state index in [0.717, 1.165) is 43.6 Å². The van der Waals surface area contributed by atoms with Gasteiger partial charge in [-0.3, -0.25) is 0 Å². The number of rotatable bonds is 11. The minimum Gasteiger partial charge on any atom is -0.312 e. The van der Waals surface area contributed by atoms with Crippen LogP contribution in [-0.2, 0) is 16.6 Å². The Morgan fingerprint density at radius 1 is 1.24 bits per heavy atom. The summed E-state index contributed by atoms with van der Waals surface area (Å²) in [7, 11) is -3.34. The maximum absolute atomic E-state index is 12.1. The maximum atomic E-state index is 12.1. The molecule has 0 fully saturated rings. The van der Waals surface area contributed by atoms with Crippen molar-refractivity contribution in [3.8, 4) is 0 Å². The second kappa shape index (κ2) is 9.56. The lowest BCUT2D eigenvalue weighted by Crippen LogP contribution is -2.24. The predicted octanol–water partition coefficient (Wildman–Crippen LogP) is 3.35. The van der Waals surface area contributed by atoms with E-state index in [2.05, 4.69) is 30.8 Å². The summed E-state index contributed by atoms with van der Waals surface area (Å²) in [6.45, 7) is 8.69. The molecule has 4 nitrogen and oxygen atoms in total. The fraction of sp³-hybridized carbons (Fsp3) is 0.733. The summed E-state index contributed by atoms with van der Waals surface area (Å²) in [5.41, 5.74) is 0. The van der Waals surface area contributed by atoms with Crippen LogP contribution in [0.25, 0.3) is 0 Å². The Labute approximate surface area is 133 Å². The van der Waals surface area contributed by atoms with E-state index in [0.29, 0.717) is 17.4 Å². The number of unbranched alkanes of at least 4 members (excludes halogenated alkanes) is 1. The molecule has 0 unspecified atom stereocenters. The van der Waals surface area contributed by atoms with Gasteiger partial charge in [-0.1, -0.05) is 33.6 Å². The van der Waals surface area contributed by atoms with Crippen molar-refractivity contribution in [2.24, 2.45) is 5.92 Å². The van der Waals surface area contributed by atoms with Gasteiger partial charge >= 0.3 is 0 Å². The van der Waals surface area contributed by atoms with Crippen LogP contribution in [0.4, 0.5) is 0 Å². The van der Waals surface area contributed by atoms with Crippen molar-refractivity contribution in [3.63, 3.8) is 0 Å². The molecule has 0 spiro atoms. The zero-order valence-corrected chi connectivity index (χ0v) is 14.9. The van der Waals surface area contributed by atoms with Gasteiger partial charge in [0.1, 0.15) is 0 Å². The first kappa shape index (κ1) is 18.6. The summed E-state index contributed by atoms with van der Waals surface area (Å²) in [5, 5.41) is 5.00. The Morgan fingerprint density at radius 2 is 2.00 bits per heavy atom. The molecule has 0 atom stereocenters. The van der Waals surface area contributed by atoms with Crippen molar-refractivity contribution in [1.82, 2.24) is 10.0 Å². The van der Waals surface area contributed by atoms with Gasteiger partial charge in [0, 0.05) is 23.3 Å². The fourth-order valence-electron chi connectivity index (χ4n) is 1.95. The number of thiophene rings is 1. The lowest BCUT2D eigenvalue weighted by Gasteiger charge is -2.06. The summed E-state index contributed by atoms with van der Waals surface area (Å²) >= 11 is 1.49. The number of hydrogen-bond donors (Lipinski definition) is 2. The van der Waals surface area contributed by atoms with Gasteiger partial charge in [-0.2, -0.15) is 0 Å². The molecule has 122 valence electrons. The number of nitrogens with one attached hydrogen (secondary N) is 2. The van der Waals surface area contributed by atoms with Gasteiger partial charge in [-0.15, -0.1) is 11.3 Å². The Balaban J connectivity index is 2.39. The van der Waals surface area contributed by atoms with E-state index in [1.165, 1.54) is 11.3 Å². The highest BCUT2D eigenvalue weighted by Crippen LogP contribution is 2.19. The molecule has 1 rings (SSSR count). The third kappa shape index (κ3) is 7.40. The molecular weight excluding hydrogens is 304 g/mol. The normalized spacial score (nSPS) is 12.2. The van der Waals surface area contributed by atoms with E-state index < -0.39 is 10.0 Å². The van der Waals surface area contributed by atoms with Crippen LogP contribution in [0.1, 0.15) is 51.3 Å². The number of hydrogen-bond acceptors (Lipinski definition) is 4. The Morgan fingerprint density at radius 3 is 2.67 bits per heavy atom. The molecule has 0 radical (unpaired) electrons. The van der Waals surface area contributed by atoms with Gasteiger partial charge in [0.05, 0.1) is 4.90 Å². The summed E-state index contributed by atoms with van der Waals surface area (Å²) in [6, 6.07) is 1.77. The monoisotopic (exact) mass is 332 g/mol. The Bertz CT molecular complexity index is 496. The van der Waals surface area contributed by atoms with Crippen molar-refractivity contribution in [2.75, 3.05) is 13.1 Å². The zero-order chi connectivity index (χ0) is 15.7. The highest BCUT2D eigenvalue weighted by molar-refractivity contribution is 7.89. The van der Waals surface area contributed by atoms with Crippen LogP contribution in [0, 0.1) is 5.92 Å². The van der Waals surface area contributed by atoms with E-state index in [1.807, 2.05) is 0 Å². The second-order valence-electron chi connectivity index (χ2n) is 5.71. The van der Waals surface area contributed by atoms with Crippen molar-refractivity contribution in [1.29, 1.82) is 0 Å². The minimum atomic E-state index is -3.34. The molecular formula is C15H28N2O2S2. The van der Waals surface area contributed by atoms with Gasteiger partial charge in [0.2, 0.25) is 10.0 Å². The van der Waals surface area contributed by atoms with Crippen LogP contribution in [0.2, 0.25) is 0 Å². The van der Waals surface area contributed by atoms with Crippen molar-refractivity contribution >= 4 is 21.4 Å². The maximum Gasteiger partial charge on any atom is 0.241 e. The topological polar surface area (TPSA) is 58.2 Å². The molecule has 0 saturated heterocycles. The molecule has 0 amide bonds. The molecule has 1 aromatic rings. The van der Waals surface area contributed by atoms with Crippen molar-refractivity contribution in [3.05, 3.63) is 16.3 Å². The zero-order valence-electron chi connectivity index (χ0n) is 13.3. The molecule has 0 aliphatic rings. The van der Waals surface area contributed by atoms with Crippen LogP contribution in [-0.4, -0.2) is 21.5 Å². The summed E-state index contributed by atoms with van der Waals surface area (Å²) in [6.07, 6.45) is 4.18. The molecule has 0 aromatic carbocycles. The molecule has 21 heavy (non-hydrogen) atoms. The second-order valence-corrected chi connectivity index (χ2v) is 8.48. The van der Waals surface area contributed by atoms with E-state index in [4.69, 9.17) is 0 Å². The molecule has 1 heterocycles. The molecule has 0 aliphatic carbocycles. The highest BCUT2D eigenvalue weighted by Gasteiger charge is 2.15. The van der Waals surface area contributed by atoms with E-state index in [1.54, 1.807) is 11.4 Å². The summed E-state index contributed by atoms with van der Waals surface area (Å²) < 4.78 is 27.0. The quantitative estimate of drug-likeness (QED) is 0.611. The van der Waals surface area contributed by atoms with Gasteiger partial charge in [-0.05, 0) is 31.4 Å². The van der Waals surface area contributed by atoms with Crippen LogP contribution in [0.15, 0.2) is 16.3 Å². The SMILES string of the molecule is CCCNCc1cc(S(=O)(=O)NCCCCC(C)C)cs1. The largest absolute Gasteiger partial charge is 0.312 e. The molecule has 1 aromatic heterocycles. The van der Waals surface area contributed by atoms with Crippen LogP contribution >= 0.6 is 11.3 Å². The fourth-order valence-corrected chi connectivity index (χ4v) is 4.27. The third-order valence-electron chi connectivity index (χ3n) is 3.17. The van der Waals surface area contributed by atoms with Crippen molar-refractivity contribution in [2.45, 2.75) is 57.9 Å². The Kier molecular flexibility index (Phi) is 8.48. The van der Waals surface area contributed by atoms with Crippen LogP contribution in [0.3, 0.4) is 0 Å². The minimum absolute atomic E-state index is 0.393. The van der Waals surface area contributed by atoms with Crippen LogP contribution in [0.5, 0.6) is 0 Å². The molecule has 6 heteroatoms. The van der Waals surface area contributed by atoms with Crippen molar-refractivity contribution < 1.29 is 8.42 Å². The Hall–Kier alpha value is -0.430. The van der Waals surface area contributed by atoms with E-state index >= 15 is 0 Å². The standard InChI is InChI=1S/C15H28N2O2S2/c1-4-8-16-11-14-10-15(12-20-14)21(18,19)17-9-6-5-7-13(2)3/h10,12-13,16-17H,4-9,11H2,1-3H3. The lowest BCUT2D eigenvalue weighted by atomic mass is 10.1. The number of sulfonamides is 1. The lowest BCUT2D eigenvalue weighted by molar-refractivity contribution is 0.530. The summed E-state index contributed by atoms with van der Waals surface area (Å²) in [4.78, 5) is 1.45. The van der Waals surface area contributed by atoms with E-state index in [-0.39, 0.29) is 0 Å². The molecule has 0 aliphatic heterocycles. The highest BCUT2D eigenvalue weighted by atomic mass is 32.2. The first-order valence-electron chi connectivity index (χ1n) is 7.73. The third-order valence-corrected chi connectivity index (χ3v) is 5.69. The molecule has 0 bridgehead atoms. The molecule has 2 N–H and O–H groups in total. The van der Waals surface area contributed by atoms with Gasteiger partial charge in [0.15, 0.2) is 0 Å². The smallest absolute Gasteiger partial charge is 0.241 e. The van der Waals surface area contributed by atoms with Crippen LogP contribution < -0.4 is 10.0 Å². The average molecular weight is 333 g/mol. The van der Waals surface area contributed by atoms with Gasteiger partial charge in [0.25, 0.3) is 0 Å². The predicted molar refractivity (Wildman–Crippen MR) is 90.2 cm³/mol. The molecule has 0 saturated carbocycles. The van der Waals surface area contributed by atoms with Gasteiger partial charge in [-0.25, -0.2) is 13.1 Å². The average Bonchev–Trinajstić information content (AvgIpc) is 2.88. The first-order valence-corrected chi connectivity index (χ1v) is 10.1. The van der Waals surface area contributed by atoms with E-state index in [9.17, 15) is 8.42 Å². The summed E-state index contributed by atoms with van der Waals surface area (Å²) in [5.74, 6) is 0.677. The van der Waals surface area contributed by atoms with Gasteiger partial charge < -0.3 is 5.32 Å².